The van der Waals surface area contributed by atoms with Crippen molar-refractivity contribution in [2.75, 3.05) is 0 Å². The number of carbonyl (C=O) groups excluding carboxylic acids is 1. The first-order valence-corrected chi connectivity index (χ1v) is 5.08. The highest BCUT2D eigenvalue weighted by atomic mass is 16.6. The second kappa shape index (κ2) is 4.70. The second-order valence-corrected chi connectivity index (χ2v) is 3.53. The maximum Gasteiger partial charge on any atom is 0.347 e. The molecule has 6 nitrogen and oxygen atoms in total. The fourth-order valence-electron chi connectivity index (χ4n) is 1.42. The highest BCUT2D eigenvalue weighted by Gasteiger charge is 2.15. The van der Waals surface area contributed by atoms with Gasteiger partial charge < -0.3 is 9.15 Å². The molecule has 92 valence electrons. The Kier molecular flexibility index (Phi) is 3.09. The molecule has 1 aromatic heterocycles. The number of rotatable bonds is 3. The molecular formula is C12H9NO5. The van der Waals surface area contributed by atoms with Gasteiger partial charge in [-0.05, 0) is 19.1 Å². The van der Waals surface area contributed by atoms with E-state index >= 15 is 0 Å². The summed E-state index contributed by atoms with van der Waals surface area (Å²) in [5.41, 5.74) is 0.158. The third kappa shape index (κ3) is 2.37. The number of nitro benzene ring substituents is 1. The molecule has 6 heteroatoms. The lowest BCUT2D eigenvalue weighted by Gasteiger charge is -2.02. The Balaban J connectivity index is 2.20. The normalized spacial score (nSPS) is 10.1. The number of non-ortho nitro benzene ring substituents is 1. The van der Waals surface area contributed by atoms with Crippen molar-refractivity contribution in [3.8, 4) is 5.75 Å². The molecule has 0 N–H and O–H groups in total. The number of carbonyl (C=O) groups is 1. The van der Waals surface area contributed by atoms with Gasteiger partial charge in [0.2, 0.25) is 0 Å². The van der Waals surface area contributed by atoms with Crippen molar-refractivity contribution in [2.24, 2.45) is 0 Å². The molecule has 2 rings (SSSR count). The van der Waals surface area contributed by atoms with E-state index in [1.165, 1.54) is 36.6 Å². The van der Waals surface area contributed by atoms with Crippen molar-refractivity contribution in [1.82, 2.24) is 0 Å². The summed E-state index contributed by atoms with van der Waals surface area (Å²) in [4.78, 5) is 21.7. The Morgan fingerprint density at radius 2 is 2.17 bits per heavy atom. The molecule has 0 bridgehead atoms. The van der Waals surface area contributed by atoms with Gasteiger partial charge in [-0.15, -0.1) is 0 Å². The lowest BCUT2D eigenvalue weighted by Crippen LogP contribution is -2.08. The summed E-state index contributed by atoms with van der Waals surface area (Å²) >= 11 is 0. The van der Waals surface area contributed by atoms with Crippen LogP contribution in [0.5, 0.6) is 5.75 Å². The van der Waals surface area contributed by atoms with Gasteiger partial charge in [-0.25, -0.2) is 4.79 Å². The molecule has 0 atom stereocenters. The van der Waals surface area contributed by atoms with Crippen LogP contribution in [0.3, 0.4) is 0 Å². The third-order valence-electron chi connectivity index (χ3n) is 2.32. The molecular weight excluding hydrogens is 238 g/mol. The van der Waals surface area contributed by atoms with Crippen molar-refractivity contribution in [1.29, 1.82) is 0 Å². The molecule has 2 aromatic rings. The van der Waals surface area contributed by atoms with Crippen LogP contribution in [0.4, 0.5) is 5.69 Å². The standard InChI is InChI=1S/C12H9NO5/c1-8-11(5-6-17-8)12(14)18-10-4-2-3-9(7-10)13(15)16/h2-7H,1H3. The van der Waals surface area contributed by atoms with Gasteiger partial charge in [0.05, 0.1) is 17.3 Å². The second-order valence-electron chi connectivity index (χ2n) is 3.53. The van der Waals surface area contributed by atoms with Gasteiger partial charge in [-0.1, -0.05) is 6.07 Å². The van der Waals surface area contributed by atoms with E-state index in [0.29, 0.717) is 11.3 Å². The number of hydrogen-bond donors (Lipinski definition) is 0. The minimum atomic E-state index is -0.609. The number of aryl methyl sites for hydroxylation is 1. The van der Waals surface area contributed by atoms with E-state index < -0.39 is 10.9 Å². The third-order valence-corrected chi connectivity index (χ3v) is 2.32. The maximum absolute atomic E-state index is 11.7. The molecule has 18 heavy (non-hydrogen) atoms. The zero-order valence-electron chi connectivity index (χ0n) is 9.45. The van der Waals surface area contributed by atoms with E-state index in [1.807, 2.05) is 0 Å². The van der Waals surface area contributed by atoms with Crippen molar-refractivity contribution in [3.63, 3.8) is 0 Å². The van der Waals surface area contributed by atoms with E-state index in [9.17, 15) is 14.9 Å². The minimum absolute atomic E-state index is 0.120. The fraction of sp³-hybridized carbons (Fsp3) is 0.0833. The smallest absolute Gasteiger partial charge is 0.347 e. The van der Waals surface area contributed by atoms with Crippen molar-refractivity contribution >= 4 is 11.7 Å². The number of esters is 1. The Bertz CT molecular complexity index is 602. The highest BCUT2D eigenvalue weighted by molar-refractivity contribution is 5.92. The van der Waals surface area contributed by atoms with Crippen molar-refractivity contribution in [2.45, 2.75) is 6.92 Å². The number of nitrogens with zero attached hydrogens (tertiary/aromatic N) is 1. The van der Waals surface area contributed by atoms with E-state index in [4.69, 9.17) is 9.15 Å². The zero-order chi connectivity index (χ0) is 13.1. The zero-order valence-corrected chi connectivity index (χ0v) is 9.45. The van der Waals surface area contributed by atoms with Gasteiger partial charge >= 0.3 is 5.97 Å². The predicted octanol–water partition coefficient (Wildman–Crippen LogP) is 2.72. The number of nitro groups is 1. The number of ether oxygens (including phenoxy) is 1. The molecule has 0 amide bonds. The number of furan rings is 1. The van der Waals surface area contributed by atoms with Crippen LogP contribution in [-0.2, 0) is 0 Å². The van der Waals surface area contributed by atoms with E-state index in [2.05, 4.69) is 0 Å². The minimum Gasteiger partial charge on any atom is -0.469 e. The summed E-state index contributed by atoms with van der Waals surface area (Å²) < 4.78 is 10.0. The number of hydrogen-bond acceptors (Lipinski definition) is 5. The first-order chi connectivity index (χ1) is 8.58. The van der Waals surface area contributed by atoms with Gasteiger partial charge in [0.15, 0.2) is 0 Å². The molecule has 0 unspecified atom stereocenters. The average molecular weight is 247 g/mol. The lowest BCUT2D eigenvalue weighted by molar-refractivity contribution is -0.384. The summed E-state index contributed by atoms with van der Waals surface area (Å²) in [5.74, 6) is -0.0537. The van der Waals surface area contributed by atoms with Crippen LogP contribution in [0.15, 0.2) is 41.0 Å². The first kappa shape index (κ1) is 11.8. The van der Waals surface area contributed by atoms with Crippen LogP contribution < -0.4 is 4.74 Å². The maximum atomic E-state index is 11.7. The molecule has 1 heterocycles. The molecule has 1 aromatic carbocycles. The Hall–Kier alpha value is -2.63. The van der Waals surface area contributed by atoms with Crippen LogP contribution in [-0.4, -0.2) is 10.9 Å². The van der Waals surface area contributed by atoms with Gasteiger partial charge in [0.25, 0.3) is 5.69 Å². The van der Waals surface area contributed by atoms with Crippen LogP contribution in [0.25, 0.3) is 0 Å². The van der Waals surface area contributed by atoms with Crippen molar-refractivity contribution in [3.05, 3.63) is 58.0 Å². The van der Waals surface area contributed by atoms with E-state index in [0.717, 1.165) is 0 Å². The average Bonchev–Trinajstić information content (AvgIpc) is 2.76. The molecule has 0 fully saturated rings. The molecule has 0 aliphatic carbocycles. The SMILES string of the molecule is Cc1occc1C(=O)Oc1cccc([N+](=O)[O-])c1. The fourth-order valence-corrected chi connectivity index (χ4v) is 1.42. The van der Waals surface area contributed by atoms with E-state index in [-0.39, 0.29) is 11.4 Å². The predicted molar refractivity (Wildman–Crippen MR) is 61.5 cm³/mol. The largest absolute Gasteiger partial charge is 0.469 e. The Morgan fingerprint density at radius 3 is 2.78 bits per heavy atom. The van der Waals surface area contributed by atoms with E-state index in [1.54, 1.807) is 6.92 Å². The van der Waals surface area contributed by atoms with Crippen LogP contribution >= 0.6 is 0 Å². The van der Waals surface area contributed by atoms with Gasteiger partial charge in [0, 0.05) is 6.07 Å². The van der Waals surface area contributed by atoms with Crippen LogP contribution in [0.2, 0.25) is 0 Å². The quantitative estimate of drug-likeness (QED) is 0.360. The Morgan fingerprint density at radius 1 is 1.39 bits per heavy atom. The molecule has 0 saturated carbocycles. The molecule has 0 spiro atoms. The van der Waals surface area contributed by atoms with Gasteiger partial charge in [0.1, 0.15) is 17.1 Å². The number of benzene rings is 1. The van der Waals surface area contributed by atoms with Crippen LogP contribution in [0.1, 0.15) is 16.1 Å². The lowest BCUT2D eigenvalue weighted by atomic mass is 10.2. The summed E-state index contributed by atoms with van der Waals surface area (Å²) in [6, 6.07) is 6.91. The van der Waals surface area contributed by atoms with Gasteiger partial charge in [-0.3, -0.25) is 10.1 Å². The summed E-state index contributed by atoms with van der Waals surface area (Å²) in [6.45, 7) is 1.63. The summed E-state index contributed by atoms with van der Waals surface area (Å²) in [5, 5.41) is 10.6. The monoisotopic (exact) mass is 247 g/mol. The molecule has 0 radical (unpaired) electrons. The molecule has 0 aliphatic heterocycles. The highest BCUT2D eigenvalue weighted by Crippen LogP contribution is 2.21. The van der Waals surface area contributed by atoms with Crippen molar-refractivity contribution < 1.29 is 18.9 Å². The van der Waals surface area contributed by atoms with Gasteiger partial charge in [-0.2, -0.15) is 0 Å². The molecule has 0 saturated heterocycles. The van der Waals surface area contributed by atoms with Crippen LogP contribution in [0, 0.1) is 17.0 Å². The topological polar surface area (TPSA) is 82.6 Å². The summed E-state index contributed by atoms with van der Waals surface area (Å²) in [6.07, 6.45) is 1.37. The Labute approximate surface area is 102 Å². The first-order valence-electron chi connectivity index (χ1n) is 5.08. The molecule has 0 aliphatic rings. The summed E-state index contributed by atoms with van der Waals surface area (Å²) in [7, 11) is 0.